The van der Waals surface area contributed by atoms with E-state index in [0.717, 1.165) is 19.6 Å². The van der Waals surface area contributed by atoms with Gasteiger partial charge in [0.15, 0.2) is 0 Å². The number of rotatable bonds is 18. The molecular weight excluding hydrogens is 530 g/mol. The highest BCUT2D eigenvalue weighted by Crippen LogP contribution is 2.22. The molecule has 41 heavy (non-hydrogen) atoms. The van der Waals surface area contributed by atoms with Crippen LogP contribution in [0.5, 0.6) is 11.5 Å². The van der Waals surface area contributed by atoms with Gasteiger partial charge in [0.1, 0.15) is 11.5 Å². The van der Waals surface area contributed by atoms with Crippen LogP contribution in [-0.4, -0.2) is 101 Å². The first-order valence-corrected chi connectivity index (χ1v) is 14.3. The summed E-state index contributed by atoms with van der Waals surface area (Å²) in [5.74, 6) is -0.668. The molecule has 2 rings (SSSR count). The fourth-order valence-corrected chi connectivity index (χ4v) is 4.40. The Morgan fingerprint density at radius 2 is 1.61 bits per heavy atom. The molecule has 1 aliphatic heterocycles. The lowest BCUT2D eigenvalue weighted by Gasteiger charge is -2.26. The number of nitrogens with one attached hydrogen (secondary N) is 4. The Hall–Kier alpha value is -3.22. The van der Waals surface area contributed by atoms with Gasteiger partial charge < -0.3 is 35.5 Å². The Balaban J connectivity index is 1.84. The molecule has 12 nitrogen and oxygen atoms in total. The molecule has 0 radical (unpaired) electrons. The number of carbonyl (C=O) groups is 4. The van der Waals surface area contributed by atoms with Crippen molar-refractivity contribution in [3.8, 4) is 11.5 Å². The average Bonchev–Trinajstić information content (AvgIpc) is 2.97. The van der Waals surface area contributed by atoms with Crippen molar-refractivity contribution in [1.29, 1.82) is 0 Å². The summed E-state index contributed by atoms with van der Waals surface area (Å²) in [6.45, 7) is 10.6. The molecule has 1 saturated heterocycles. The third-order valence-electron chi connectivity index (χ3n) is 6.75. The first-order chi connectivity index (χ1) is 19.7. The van der Waals surface area contributed by atoms with E-state index < -0.39 is 23.8 Å². The molecule has 0 bridgehead atoms. The number of hydrogen-bond donors (Lipinski definition) is 4. The number of amides is 3. The third-order valence-corrected chi connectivity index (χ3v) is 6.75. The highest BCUT2D eigenvalue weighted by atomic mass is 16.5. The number of methoxy groups -OCH3 is 2. The summed E-state index contributed by atoms with van der Waals surface area (Å²) >= 11 is 0. The average molecular weight is 578 g/mol. The summed E-state index contributed by atoms with van der Waals surface area (Å²) in [5, 5.41) is 11.4. The first kappa shape index (κ1) is 34.0. The SMILES string of the molecule is CCC(NC(=O)[C@H](CC(C)C)NCCC(=O)NCCN1CCOCC1)C(=O)C(=O)NCc1cc(OC)cc(OC)c1. The van der Waals surface area contributed by atoms with Crippen molar-refractivity contribution >= 4 is 23.5 Å². The first-order valence-electron chi connectivity index (χ1n) is 14.3. The lowest BCUT2D eigenvalue weighted by atomic mass is 10.0. The zero-order valence-corrected chi connectivity index (χ0v) is 25.0. The maximum Gasteiger partial charge on any atom is 0.289 e. The molecular formula is C29H47N5O7. The molecule has 3 amide bonds. The Kier molecular flexibility index (Phi) is 15.1. The highest BCUT2D eigenvalue weighted by molar-refractivity contribution is 6.38. The minimum Gasteiger partial charge on any atom is -0.497 e. The van der Waals surface area contributed by atoms with Crippen molar-refractivity contribution in [3.63, 3.8) is 0 Å². The summed E-state index contributed by atoms with van der Waals surface area (Å²) in [6.07, 6.45) is 0.989. The Labute approximate surface area is 243 Å². The normalized spacial score (nSPS) is 15.1. The van der Waals surface area contributed by atoms with E-state index in [9.17, 15) is 19.2 Å². The Morgan fingerprint density at radius 3 is 2.20 bits per heavy atom. The molecule has 12 heteroatoms. The quantitative estimate of drug-likeness (QED) is 0.184. The van der Waals surface area contributed by atoms with Gasteiger partial charge in [0.05, 0.1) is 39.5 Å². The number of benzene rings is 1. The molecule has 4 N–H and O–H groups in total. The fourth-order valence-electron chi connectivity index (χ4n) is 4.40. The lowest BCUT2D eigenvalue weighted by molar-refractivity contribution is -0.140. The molecule has 1 unspecified atom stereocenters. The van der Waals surface area contributed by atoms with Crippen LogP contribution in [0.4, 0.5) is 0 Å². The second kappa shape index (κ2) is 18.3. The smallest absolute Gasteiger partial charge is 0.289 e. The minimum absolute atomic E-state index is 0.0918. The van der Waals surface area contributed by atoms with Crippen LogP contribution in [0, 0.1) is 5.92 Å². The van der Waals surface area contributed by atoms with Crippen molar-refractivity contribution in [2.24, 2.45) is 5.92 Å². The van der Waals surface area contributed by atoms with E-state index in [-0.39, 0.29) is 37.1 Å². The molecule has 0 saturated carbocycles. The van der Waals surface area contributed by atoms with Gasteiger partial charge in [-0.05, 0) is 36.5 Å². The number of hydrogen-bond acceptors (Lipinski definition) is 9. The van der Waals surface area contributed by atoms with Crippen LogP contribution < -0.4 is 30.7 Å². The molecule has 1 aromatic carbocycles. The molecule has 0 spiro atoms. The Bertz CT molecular complexity index is 976. The topological polar surface area (TPSA) is 147 Å². The van der Waals surface area contributed by atoms with Crippen LogP contribution in [0.15, 0.2) is 18.2 Å². The number of ketones is 1. The van der Waals surface area contributed by atoms with Crippen molar-refractivity contribution in [2.75, 3.05) is 60.2 Å². The fraction of sp³-hybridized carbons (Fsp3) is 0.655. The van der Waals surface area contributed by atoms with Crippen LogP contribution >= 0.6 is 0 Å². The van der Waals surface area contributed by atoms with Crippen LogP contribution in [0.1, 0.15) is 45.6 Å². The summed E-state index contributed by atoms with van der Waals surface area (Å²) in [4.78, 5) is 53.2. The zero-order valence-electron chi connectivity index (χ0n) is 25.0. The summed E-state index contributed by atoms with van der Waals surface area (Å²) in [6, 6.07) is 3.60. The van der Waals surface area contributed by atoms with Crippen LogP contribution in [0.2, 0.25) is 0 Å². The molecule has 2 atom stereocenters. The van der Waals surface area contributed by atoms with Gasteiger partial charge in [-0.25, -0.2) is 0 Å². The largest absolute Gasteiger partial charge is 0.497 e. The van der Waals surface area contributed by atoms with E-state index in [1.54, 1.807) is 25.1 Å². The van der Waals surface area contributed by atoms with Crippen molar-refractivity contribution < 1.29 is 33.4 Å². The molecule has 1 aromatic rings. The van der Waals surface area contributed by atoms with Crippen LogP contribution in [0.25, 0.3) is 0 Å². The maximum absolute atomic E-state index is 13.1. The van der Waals surface area contributed by atoms with E-state index in [4.69, 9.17) is 14.2 Å². The second-order valence-electron chi connectivity index (χ2n) is 10.4. The molecule has 1 heterocycles. The number of nitrogens with zero attached hydrogens (tertiary/aromatic N) is 1. The van der Waals surface area contributed by atoms with Gasteiger partial charge >= 0.3 is 0 Å². The van der Waals surface area contributed by atoms with Gasteiger partial charge in [-0.2, -0.15) is 0 Å². The zero-order chi connectivity index (χ0) is 30.2. The molecule has 230 valence electrons. The van der Waals surface area contributed by atoms with Gasteiger partial charge in [-0.3, -0.25) is 24.1 Å². The van der Waals surface area contributed by atoms with E-state index in [2.05, 4.69) is 26.2 Å². The number of ether oxygens (including phenoxy) is 3. The molecule has 1 fully saturated rings. The van der Waals surface area contributed by atoms with Crippen molar-refractivity contribution in [2.45, 2.75) is 58.7 Å². The predicted octanol–water partition coefficient (Wildman–Crippen LogP) is 0.627. The Morgan fingerprint density at radius 1 is 0.951 bits per heavy atom. The van der Waals surface area contributed by atoms with E-state index in [1.807, 2.05) is 13.8 Å². The molecule has 1 aliphatic rings. The van der Waals surface area contributed by atoms with E-state index in [0.29, 0.717) is 49.8 Å². The van der Waals surface area contributed by atoms with Gasteiger partial charge in [-0.15, -0.1) is 0 Å². The second-order valence-corrected chi connectivity index (χ2v) is 10.4. The van der Waals surface area contributed by atoms with Gasteiger partial charge in [-0.1, -0.05) is 20.8 Å². The highest BCUT2D eigenvalue weighted by Gasteiger charge is 2.28. The van der Waals surface area contributed by atoms with Crippen LogP contribution in [-0.2, 0) is 30.5 Å². The number of Topliss-reactive ketones (excluding diaryl/α,β-unsaturated/α-hetero) is 1. The number of morpholine rings is 1. The predicted molar refractivity (Wildman–Crippen MR) is 155 cm³/mol. The van der Waals surface area contributed by atoms with Gasteiger partial charge in [0, 0.05) is 51.8 Å². The van der Waals surface area contributed by atoms with E-state index in [1.165, 1.54) is 14.2 Å². The summed E-state index contributed by atoms with van der Waals surface area (Å²) in [5.41, 5.74) is 0.700. The van der Waals surface area contributed by atoms with Crippen LogP contribution in [0.3, 0.4) is 0 Å². The van der Waals surface area contributed by atoms with Crippen molar-refractivity contribution in [3.05, 3.63) is 23.8 Å². The minimum atomic E-state index is -0.970. The third kappa shape index (κ3) is 12.4. The maximum atomic E-state index is 13.1. The summed E-state index contributed by atoms with van der Waals surface area (Å²) in [7, 11) is 3.05. The van der Waals surface area contributed by atoms with E-state index >= 15 is 0 Å². The monoisotopic (exact) mass is 577 g/mol. The summed E-state index contributed by atoms with van der Waals surface area (Å²) < 4.78 is 15.8. The standard InChI is InChI=1S/C29H47N5O7/c1-6-24(27(36)29(38)32-19-21-16-22(39-4)18-23(17-21)40-5)33-28(37)25(15-20(2)3)30-8-7-26(35)31-9-10-34-11-13-41-14-12-34/h16-18,20,24-25,30H,6-15,19H2,1-5H3,(H,31,35)(H,32,38)(H,33,37)/t24?,25-/m0/s1. The molecule has 0 aliphatic carbocycles. The lowest BCUT2D eigenvalue weighted by Crippen LogP contribution is -2.53. The van der Waals surface area contributed by atoms with Gasteiger partial charge in [0.25, 0.3) is 5.91 Å². The molecule has 0 aromatic heterocycles. The number of carbonyl (C=O) groups excluding carboxylic acids is 4. The van der Waals surface area contributed by atoms with Gasteiger partial charge in [0.2, 0.25) is 17.6 Å². The van der Waals surface area contributed by atoms with Crippen molar-refractivity contribution in [1.82, 2.24) is 26.2 Å².